The van der Waals surface area contributed by atoms with Crippen molar-refractivity contribution >= 4 is 5.91 Å². The Bertz CT molecular complexity index is 149. The Morgan fingerprint density at radius 2 is 2.36 bits per heavy atom. The molecule has 0 aromatic rings. The van der Waals surface area contributed by atoms with Crippen LogP contribution in [-0.4, -0.2) is 43.5 Å². The van der Waals surface area contributed by atoms with Gasteiger partial charge >= 0.3 is 0 Å². The molecular weight excluding hydrogens is 142 g/mol. The van der Waals surface area contributed by atoms with Crippen LogP contribution in [0.2, 0.25) is 0 Å². The molecular formula is C7H15N3O. The first kappa shape index (κ1) is 8.49. The Morgan fingerprint density at radius 3 is 3.00 bits per heavy atom. The average Bonchev–Trinajstić information content (AvgIpc) is 2.13. The molecule has 1 aliphatic rings. The number of amides is 1. The molecule has 11 heavy (non-hydrogen) atoms. The van der Waals surface area contributed by atoms with Crippen LogP contribution >= 0.6 is 0 Å². The Labute approximate surface area is 66.7 Å². The summed E-state index contributed by atoms with van der Waals surface area (Å²) < 4.78 is 0. The number of likely N-dealkylation sites (N-methyl/N-ethyl adjacent to an activating group) is 1. The molecule has 3 N–H and O–H groups in total. The van der Waals surface area contributed by atoms with E-state index in [0.29, 0.717) is 0 Å². The highest BCUT2D eigenvalue weighted by molar-refractivity contribution is 5.79. The van der Waals surface area contributed by atoms with Gasteiger partial charge in [0.05, 0.1) is 6.04 Å². The fourth-order valence-electron chi connectivity index (χ4n) is 1.24. The van der Waals surface area contributed by atoms with Crippen molar-refractivity contribution in [3.63, 3.8) is 0 Å². The van der Waals surface area contributed by atoms with Crippen LogP contribution < -0.4 is 11.1 Å². The summed E-state index contributed by atoms with van der Waals surface area (Å²) in [7, 11) is 2.05. The first-order chi connectivity index (χ1) is 5.20. The summed E-state index contributed by atoms with van der Waals surface area (Å²) in [4.78, 5) is 12.9. The van der Waals surface area contributed by atoms with Crippen LogP contribution in [0.15, 0.2) is 0 Å². The zero-order valence-corrected chi connectivity index (χ0v) is 6.84. The van der Waals surface area contributed by atoms with Crippen molar-refractivity contribution in [2.24, 2.45) is 5.73 Å². The van der Waals surface area contributed by atoms with Gasteiger partial charge in [-0.15, -0.1) is 0 Å². The molecule has 0 radical (unpaired) electrons. The standard InChI is InChI=1S/C7H15N3O/c1-10-4-2-6(7(8)11)9-3-5-10/h6,9H,2-5H2,1H3,(H2,8,11). The van der Waals surface area contributed by atoms with Gasteiger partial charge in [-0.2, -0.15) is 0 Å². The number of carbonyl (C=O) groups excluding carboxylic acids is 1. The number of hydrogen-bond donors (Lipinski definition) is 2. The molecule has 4 nitrogen and oxygen atoms in total. The molecule has 0 aliphatic carbocycles. The van der Waals surface area contributed by atoms with Crippen molar-refractivity contribution in [3.05, 3.63) is 0 Å². The Kier molecular flexibility index (Phi) is 2.84. The molecule has 1 heterocycles. The number of nitrogens with one attached hydrogen (secondary N) is 1. The molecule has 0 bridgehead atoms. The third-order valence-corrected chi connectivity index (χ3v) is 2.03. The van der Waals surface area contributed by atoms with Crippen molar-refractivity contribution in [1.29, 1.82) is 0 Å². The number of hydrogen-bond acceptors (Lipinski definition) is 3. The van der Waals surface area contributed by atoms with Crippen molar-refractivity contribution in [2.75, 3.05) is 26.7 Å². The van der Waals surface area contributed by atoms with E-state index in [1.165, 1.54) is 0 Å². The smallest absolute Gasteiger partial charge is 0.234 e. The van der Waals surface area contributed by atoms with Gasteiger partial charge in [0.25, 0.3) is 0 Å². The van der Waals surface area contributed by atoms with E-state index >= 15 is 0 Å². The van der Waals surface area contributed by atoms with Crippen LogP contribution in [0.25, 0.3) is 0 Å². The maximum absolute atomic E-state index is 10.8. The minimum Gasteiger partial charge on any atom is -0.368 e. The highest BCUT2D eigenvalue weighted by Gasteiger charge is 2.17. The minimum absolute atomic E-state index is 0.125. The summed E-state index contributed by atoms with van der Waals surface area (Å²) in [5.74, 6) is -0.236. The van der Waals surface area contributed by atoms with Crippen LogP contribution in [-0.2, 0) is 4.79 Å². The quantitative estimate of drug-likeness (QED) is 0.501. The summed E-state index contributed by atoms with van der Waals surface area (Å²) in [6.07, 6.45) is 0.825. The molecule has 0 aromatic carbocycles. The second-order valence-corrected chi connectivity index (χ2v) is 3.00. The first-order valence-electron chi connectivity index (χ1n) is 3.91. The van der Waals surface area contributed by atoms with E-state index in [1.807, 2.05) is 7.05 Å². The largest absolute Gasteiger partial charge is 0.368 e. The van der Waals surface area contributed by atoms with Gasteiger partial charge < -0.3 is 16.0 Å². The lowest BCUT2D eigenvalue weighted by Gasteiger charge is -2.11. The van der Waals surface area contributed by atoms with Gasteiger partial charge in [0, 0.05) is 13.1 Å². The topological polar surface area (TPSA) is 58.4 Å². The molecule has 1 fully saturated rings. The number of carbonyl (C=O) groups is 1. The van der Waals surface area contributed by atoms with E-state index in [0.717, 1.165) is 26.1 Å². The summed E-state index contributed by atoms with van der Waals surface area (Å²) in [5.41, 5.74) is 5.16. The van der Waals surface area contributed by atoms with E-state index in [1.54, 1.807) is 0 Å². The molecule has 1 amide bonds. The number of nitrogens with two attached hydrogens (primary N) is 1. The Balaban J connectivity index is 2.40. The molecule has 0 spiro atoms. The predicted octanol–water partition coefficient (Wildman–Crippen LogP) is -1.23. The molecule has 4 heteroatoms. The highest BCUT2D eigenvalue weighted by Crippen LogP contribution is 1.97. The van der Waals surface area contributed by atoms with Gasteiger partial charge in [-0.05, 0) is 20.0 Å². The lowest BCUT2D eigenvalue weighted by Crippen LogP contribution is -2.41. The Morgan fingerprint density at radius 1 is 1.64 bits per heavy atom. The fraction of sp³-hybridized carbons (Fsp3) is 0.857. The van der Waals surface area contributed by atoms with E-state index < -0.39 is 0 Å². The van der Waals surface area contributed by atoms with Crippen LogP contribution in [0.5, 0.6) is 0 Å². The van der Waals surface area contributed by atoms with Crippen LogP contribution in [0, 0.1) is 0 Å². The highest BCUT2D eigenvalue weighted by atomic mass is 16.1. The van der Waals surface area contributed by atoms with Crippen molar-refractivity contribution in [3.8, 4) is 0 Å². The van der Waals surface area contributed by atoms with Gasteiger partial charge in [-0.25, -0.2) is 0 Å². The van der Waals surface area contributed by atoms with E-state index in [4.69, 9.17) is 5.73 Å². The molecule has 1 unspecified atom stereocenters. The number of rotatable bonds is 1. The third-order valence-electron chi connectivity index (χ3n) is 2.03. The maximum atomic E-state index is 10.8. The molecule has 1 aliphatic heterocycles. The molecule has 0 aromatic heterocycles. The second kappa shape index (κ2) is 3.69. The summed E-state index contributed by atoms with van der Waals surface area (Å²) >= 11 is 0. The van der Waals surface area contributed by atoms with Crippen molar-refractivity contribution in [2.45, 2.75) is 12.5 Å². The predicted molar refractivity (Wildman–Crippen MR) is 43.1 cm³/mol. The van der Waals surface area contributed by atoms with E-state index in [-0.39, 0.29) is 11.9 Å². The SMILES string of the molecule is CN1CCNC(C(N)=O)CC1. The maximum Gasteiger partial charge on any atom is 0.234 e. The van der Waals surface area contributed by atoms with E-state index in [2.05, 4.69) is 10.2 Å². The van der Waals surface area contributed by atoms with Gasteiger partial charge in [0.2, 0.25) is 5.91 Å². The van der Waals surface area contributed by atoms with Gasteiger partial charge in [0.15, 0.2) is 0 Å². The number of nitrogens with zero attached hydrogens (tertiary/aromatic N) is 1. The molecule has 1 atom stereocenters. The summed E-state index contributed by atoms with van der Waals surface area (Å²) in [5, 5.41) is 3.10. The van der Waals surface area contributed by atoms with E-state index in [9.17, 15) is 4.79 Å². The molecule has 64 valence electrons. The number of primary amides is 1. The third kappa shape index (κ3) is 2.48. The van der Waals surface area contributed by atoms with Gasteiger partial charge in [-0.3, -0.25) is 4.79 Å². The van der Waals surface area contributed by atoms with Crippen LogP contribution in [0.4, 0.5) is 0 Å². The Hall–Kier alpha value is -0.610. The van der Waals surface area contributed by atoms with Crippen molar-refractivity contribution in [1.82, 2.24) is 10.2 Å². The monoisotopic (exact) mass is 157 g/mol. The zero-order valence-electron chi connectivity index (χ0n) is 6.84. The first-order valence-corrected chi connectivity index (χ1v) is 3.91. The van der Waals surface area contributed by atoms with Crippen LogP contribution in [0.3, 0.4) is 0 Å². The molecule has 1 saturated heterocycles. The fourth-order valence-corrected chi connectivity index (χ4v) is 1.24. The lowest BCUT2D eigenvalue weighted by atomic mass is 10.2. The normalized spacial score (nSPS) is 27.9. The van der Waals surface area contributed by atoms with Crippen LogP contribution in [0.1, 0.15) is 6.42 Å². The molecule has 0 saturated carbocycles. The van der Waals surface area contributed by atoms with Crippen molar-refractivity contribution < 1.29 is 4.79 Å². The zero-order chi connectivity index (χ0) is 8.27. The summed E-state index contributed by atoms with van der Waals surface area (Å²) in [6, 6.07) is -0.125. The van der Waals surface area contributed by atoms with Gasteiger partial charge in [-0.1, -0.05) is 0 Å². The minimum atomic E-state index is -0.236. The summed E-state index contributed by atoms with van der Waals surface area (Å²) in [6.45, 7) is 2.79. The second-order valence-electron chi connectivity index (χ2n) is 3.00. The lowest BCUT2D eigenvalue weighted by molar-refractivity contribution is -0.120. The average molecular weight is 157 g/mol. The molecule has 1 rings (SSSR count). The van der Waals surface area contributed by atoms with Gasteiger partial charge in [0.1, 0.15) is 0 Å².